The van der Waals surface area contributed by atoms with Crippen LogP contribution in [0.1, 0.15) is 11.4 Å². The molecule has 16 heavy (non-hydrogen) atoms. The molecular formula is C11H12BrN3S. The average molecular weight is 298 g/mol. The molecule has 2 aromatic rings. The van der Waals surface area contributed by atoms with E-state index in [0.717, 1.165) is 20.9 Å². The second-order valence-corrected chi connectivity index (χ2v) is 5.21. The first-order valence-corrected chi connectivity index (χ1v) is 6.68. The smallest absolute Gasteiger partial charge is 0.0963 e. The van der Waals surface area contributed by atoms with Crippen molar-refractivity contribution < 1.29 is 0 Å². The van der Waals surface area contributed by atoms with Gasteiger partial charge in [-0.05, 0) is 35.0 Å². The van der Waals surface area contributed by atoms with E-state index in [1.807, 2.05) is 43.0 Å². The van der Waals surface area contributed by atoms with Crippen molar-refractivity contribution in [3.8, 4) is 0 Å². The topological polar surface area (TPSA) is 30.7 Å². The average Bonchev–Trinajstić information content (AvgIpc) is 2.53. The zero-order valence-electron chi connectivity index (χ0n) is 9.14. The number of aromatic nitrogens is 3. The highest BCUT2D eigenvalue weighted by Crippen LogP contribution is 2.27. The third-order valence-corrected chi connectivity index (χ3v) is 4.24. The zero-order valence-corrected chi connectivity index (χ0v) is 11.5. The van der Waals surface area contributed by atoms with E-state index in [4.69, 9.17) is 0 Å². The molecule has 0 aromatic carbocycles. The van der Waals surface area contributed by atoms with Gasteiger partial charge in [-0.3, -0.25) is 4.68 Å². The summed E-state index contributed by atoms with van der Waals surface area (Å²) in [6.07, 6.45) is 1.81. The largest absolute Gasteiger partial charge is 0.270 e. The van der Waals surface area contributed by atoms with Crippen LogP contribution in [0.25, 0.3) is 0 Å². The highest BCUT2D eigenvalue weighted by atomic mass is 79.9. The van der Waals surface area contributed by atoms with Crippen LogP contribution in [0.5, 0.6) is 0 Å². The summed E-state index contributed by atoms with van der Waals surface area (Å²) < 4.78 is 3.01. The van der Waals surface area contributed by atoms with Crippen LogP contribution in [0, 0.1) is 6.92 Å². The molecule has 2 heterocycles. The van der Waals surface area contributed by atoms with Crippen LogP contribution in [0.3, 0.4) is 0 Å². The Balaban J connectivity index is 2.11. The second kappa shape index (κ2) is 5.01. The summed E-state index contributed by atoms with van der Waals surface area (Å²) in [6.45, 7) is 2.00. The number of nitrogens with zero attached hydrogens (tertiary/aromatic N) is 3. The maximum atomic E-state index is 4.36. The Morgan fingerprint density at radius 2 is 2.25 bits per heavy atom. The van der Waals surface area contributed by atoms with Gasteiger partial charge in [0.05, 0.1) is 20.9 Å². The molecule has 0 saturated carbocycles. The maximum Gasteiger partial charge on any atom is 0.0963 e. The van der Waals surface area contributed by atoms with Gasteiger partial charge in [0.1, 0.15) is 0 Å². The SMILES string of the molecule is Cc1nn(C)c(CSc2ccccn2)c1Br. The highest BCUT2D eigenvalue weighted by Gasteiger charge is 2.10. The van der Waals surface area contributed by atoms with Crippen molar-refractivity contribution in [2.75, 3.05) is 0 Å². The van der Waals surface area contributed by atoms with Gasteiger partial charge in [-0.15, -0.1) is 11.8 Å². The van der Waals surface area contributed by atoms with E-state index in [1.54, 1.807) is 11.8 Å². The number of pyridine rings is 1. The van der Waals surface area contributed by atoms with Gasteiger partial charge in [0.25, 0.3) is 0 Å². The molecule has 0 unspecified atom stereocenters. The van der Waals surface area contributed by atoms with Crippen LogP contribution in [0.4, 0.5) is 0 Å². The molecule has 0 aliphatic carbocycles. The number of aryl methyl sites for hydroxylation is 2. The molecule has 0 aliphatic heterocycles. The van der Waals surface area contributed by atoms with E-state index < -0.39 is 0 Å². The molecular weight excluding hydrogens is 286 g/mol. The minimum absolute atomic E-state index is 0.870. The summed E-state index contributed by atoms with van der Waals surface area (Å²) in [7, 11) is 1.96. The van der Waals surface area contributed by atoms with Crippen LogP contribution >= 0.6 is 27.7 Å². The van der Waals surface area contributed by atoms with Crippen molar-refractivity contribution in [3.05, 3.63) is 40.3 Å². The standard InChI is InChI=1S/C11H12BrN3S/c1-8-11(12)9(15(2)14-8)7-16-10-5-3-4-6-13-10/h3-6H,7H2,1-2H3. The summed E-state index contributed by atoms with van der Waals surface area (Å²) in [5.41, 5.74) is 2.22. The molecule has 0 aliphatic rings. The number of halogens is 1. The molecule has 0 amide bonds. The molecule has 2 rings (SSSR count). The molecule has 0 saturated heterocycles. The Morgan fingerprint density at radius 3 is 2.81 bits per heavy atom. The first kappa shape index (κ1) is 11.7. The predicted octanol–water partition coefficient (Wildman–Crippen LogP) is 3.18. The van der Waals surface area contributed by atoms with Crippen LogP contribution in [0.2, 0.25) is 0 Å². The fourth-order valence-electron chi connectivity index (χ4n) is 1.41. The number of rotatable bonds is 3. The first-order chi connectivity index (χ1) is 7.68. The van der Waals surface area contributed by atoms with Gasteiger partial charge in [-0.2, -0.15) is 5.10 Å². The quantitative estimate of drug-likeness (QED) is 0.815. The number of hydrogen-bond donors (Lipinski definition) is 0. The lowest BCUT2D eigenvalue weighted by atomic mass is 10.4. The van der Waals surface area contributed by atoms with Crippen molar-refractivity contribution in [1.29, 1.82) is 0 Å². The van der Waals surface area contributed by atoms with Crippen LogP contribution < -0.4 is 0 Å². The Labute approximate surface area is 107 Å². The van der Waals surface area contributed by atoms with Crippen molar-refractivity contribution in [2.24, 2.45) is 7.05 Å². The zero-order chi connectivity index (χ0) is 11.5. The van der Waals surface area contributed by atoms with E-state index in [2.05, 4.69) is 26.0 Å². The molecule has 84 valence electrons. The van der Waals surface area contributed by atoms with Crippen molar-refractivity contribution in [3.63, 3.8) is 0 Å². The van der Waals surface area contributed by atoms with Gasteiger partial charge in [-0.1, -0.05) is 6.07 Å². The monoisotopic (exact) mass is 297 g/mol. The van der Waals surface area contributed by atoms with Crippen LogP contribution in [-0.2, 0) is 12.8 Å². The highest BCUT2D eigenvalue weighted by molar-refractivity contribution is 9.10. The molecule has 0 atom stereocenters. The summed E-state index contributed by atoms with van der Waals surface area (Å²) in [6, 6.07) is 5.94. The van der Waals surface area contributed by atoms with Gasteiger partial charge in [-0.25, -0.2) is 4.98 Å². The second-order valence-electron chi connectivity index (χ2n) is 3.43. The molecule has 0 spiro atoms. The Bertz CT molecular complexity index is 481. The third kappa shape index (κ3) is 2.47. The fourth-order valence-corrected chi connectivity index (χ4v) is 3.00. The van der Waals surface area contributed by atoms with Gasteiger partial charge < -0.3 is 0 Å². The summed E-state index contributed by atoms with van der Waals surface area (Å²) in [5, 5.41) is 5.39. The van der Waals surface area contributed by atoms with E-state index in [0.29, 0.717) is 0 Å². The fraction of sp³-hybridized carbons (Fsp3) is 0.273. The van der Waals surface area contributed by atoms with E-state index >= 15 is 0 Å². The number of thioether (sulfide) groups is 1. The molecule has 3 nitrogen and oxygen atoms in total. The van der Waals surface area contributed by atoms with E-state index in [9.17, 15) is 0 Å². The van der Waals surface area contributed by atoms with Gasteiger partial charge in [0, 0.05) is 19.0 Å². The molecule has 2 aromatic heterocycles. The van der Waals surface area contributed by atoms with Crippen LogP contribution in [0.15, 0.2) is 33.9 Å². The van der Waals surface area contributed by atoms with Crippen molar-refractivity contribution >= 4 is 27.7 Å². The summed E-state index contributed by atoms with van der Waals surface area (Å²) in [4.78, 5) is 4.28. The van der Waals surface area contributed by atoms with Crippen molar-refractivity contribution in [1.82, 2.24) is 14.8 Å². The first-order valence-electron chi connectivity index (χ1n) is 4.90. The summed E-state index contributed by atoms with van der Waals surface area (Å²) >= 11 is 5.27. The molecule has 0 radical (unpaired) electrons. The lowest BCUT2D eigenvalue weighted by Gasteiger charge is -2.02. The lowest BCUT2D eigenvalue weighted by molar-refractivity contribution is 0.727. The molecule has 0 fully saturated rings. The lowest BCUT2D eigenvalue weighted by Crippen LogP contribution is -1.96. The Kier molecular flexibility index (Phi) is 3.66. The van der Waals surface area contributed by atoms with Gasteiger partial charge in [0.2, 0.25) is 0 Å². The minimum atomic E-state index is 0.870. The third-order valence-electron chi connectivity index (χ3n) is 2.26. The summed E-state index contributed by atoms with van der Waals surface area (Å²) in [5.74, 6) is 0.870. The van der Waals surface area contributed by atoms with E-state index in [1.165, 1.54) is 5.69 Å². The predicted molar refractivity (Wildman–Crippen MR) is 69.4 cm³/mol. The van der Waals surface area contributed by atoms with Gasteiger partial charge in [0.15, 0.2) is 0 Å². The Hall–Kier alpha value is -0.810. The molecule has 0 N–H and O–H groups in total. The van der Waals surface area contributed by atoms with E-state index in [-0.39, 0.29) is 0 Å². The van der Waals surface area contributed by atoms with Crippen molar-refractivity contribution in [2.45, 2.75) is 17.7 Å². The molecule has 5 heteroatoms. The maximum absolute atomic E-state index is 4.36. The normalized spacial score (nSPS) is 10.7. The van der Waals surface area contributed by atoms with Crippen LogP contribution in [-0.4, -0.2) is 14.8 Å². The molecule has 0 bridgehead atoms. The Morgan fingerprint density at radius 1 is 1.44 bits per heavy atom. The minimum Gasteiger partial charge on any atom is -0.270 e. The number of hydrogen-bond acceptors (Lipinski definition) is 3. The van der Waals surface area contributed by atoms with Gasteiger partial charge >= 0.3 is 0 Å².